The number of carbonyl (C=O) groups excluding carboxylic acids is 1. The molecule has 6 heteroatoms. The van der Waals surface area contributed by atoms with Crippen LogP contribution in [0.2, 0.25) is 0 Å². The molecule has 0 unspecified atom stereocenters. The van der Waals surface area contributed by atoms with E-state index in [1.807, 2.05) is 0 Å². The molecule has 0 amide bonds. The highest BCUT2D eigenvalue weighted by molar-refractivity contribution is 8.00. The minimum Gasteiger partial charge on any atom is -0.468 e. The third-order valence-electron chi connectivity index (χ3n) is 5.71. The maximum atomic E-state index is 11.5. The fourth-order valence-corrected chi connectivity index (χ4v) is 5.92. The van der Waals surface area contributed by atoms with Crippen molar-refractivity contribution in [2.45, 2.75) is 61.3 Å². The summed E-state index contributed by atoms with van der Waals surface area (Å²) in [5, 5.41) is 8.69. The second-order valence-corrected chi connectivity index (χ2v) is 8.65. The highest BCUT2D eigenvalue weighted by Gasteiger charge is 2.54. The van der Waals surface area contributed by atoms with Crippen LogP contribution >= 0.6 is 11.8 Å². The lowest BCUT2D eigenvalue weighted by atomic mass is 9.49. The van der Waals surface area contributed by atoms with Crippen LogP contribution in [0.1, 0.15) is 51.3 Å². The molecule has 22 heavy (non-hydrogen) atoms. The van der Waals surface area contributed by atoms with Crippen LogP contribution in [-0.2, 0) is 14.9 Å². The van der Waals surface area contributed by atoms with Gasteiger partial charge in [-0.2, -0.15) is 0 Å². The minimum absolute atomic E-state index is 0.120. The van der Waals surface area contributed by atoms with E-state index in [0.29, 0.717) is 5.22 Å². The van der Waals surface area contributed by atoms with Gasteiger partial charge in [-0.05, 0) is 63.2 Å². The third kappa shape index (κ3) is 2.36. The second-order valence-electron chi connectivity index (χ2n) is 7.35. The van der Waals surface area contributed by atoms with Crippen molar-refractivity contribution in [1.82, 2.24) is 10.2 Å². The number of esters is 1. The number of ether oxygens (including phenoxy) is 1. The van der Waals surface area contributed by atoms with Crippen LogP contribution in [0.5, 0.6) is 0 Å². The van der Waals surface area contributed by atoms with Crippen molar-refractivity contribution in [2.75, 3.05) is 7.11 Å². The van der Waals surface area contributed by atoms with Gasteiger partial charge in [0.05, 0.1) is 7.11 Å². The molecule has 0 aliphatic heterocycles. The minimum atomic E-state index is -0.324. The fraction of sp³-hybridized carbons (Fsp3) is 0.812. The molecule has 0 N–H and O–H groups in total. The standard InChI is InChI=1S/C16H22N2O3S/c1-9(13(19)20-2)22-15-18-17-14(21-15)16-6-10-3-11(7-16)5-12(4-10)8-16/h9-12H,3-8H2,1-2H3/t9-,10?,11?,12?,16?/m0/s1. The normalized spacial score (nSPS) is 37.3. The lowest BCUT2D eigenvalue weighted by Gasteiger charge is -2.55. The summed E-state index contributed by atoms with van der Waals surface area (Å²) >= 11 is 1.29. The molecule has 4 saturated carbocycles. The molecule has 0 aromatic carbocycles. The average molecular weight is 322 g/mol. The van der Waals surface area contributed by atoms with E-state index in [2.05, 4.69) is 10.2 Å². The Morgan fingerprint density at radius 3 is 2.36 bits per heavy atom. The molecule has 4 aliphatic rings. The summed E-state index contributed by atoms with van der Waals surface area (Å²) in [6.45, 7) is 1.80. The van der Waals surface area contributed by atoms with Crippen molar-refractivity contribution >= 4 is 17.7 Å². The van der Waals surface area contributed by atoms with Gasteiger partial charge in [0, 0.05) is 5.41 Å². The van der Waals surface area contributed by atoms with Crippen molar-refractivity contribution in [2.24, 2.45) is 17.8 Å². The largest absolute Gasteiger partial charge is 0.468 e. The van der Waals surface area contributed by atoms with Crippen molar-refractivity contribution in [3.8, 4) is 0 Å². The topological polar surface area (TPSA) is 65.2 Å². The summed E-state index contributed by atoms with van der Waals surface area (Å²) in [6, 6.07) is 0. The third-order valence-corrected chi connectivity index (χ3v) is 6.62. The summed E-state index contributed by atoms with van der Waals surface area (Å²) in [5.41, 5.74) is 0.120. The first kappa shape index (κ1) is 14.5. The number of carbonyl (C=O) groups is 1. The Morgan fingerprint density at radius 1 is 1.23 bits per heavy atom. The Morgan fingerprint density at radius 2 is 1.82 bits per heavy atom. The van der Waals surface area contributed by atoms with Crippen LogP contribution in [0, 0.1) is 17.8 Å². The summed E-state index contributed by atoms with van der Waals surface area (Å²) in [4.78, 5) is 11.5. The van der Waals surface area contributed by atoms with Gasteiger partial charge < -0.3 is 9.15 Å². The van der Waals surface area contributed by atoms with E-state index in [1.54, 1.807) is 6.92 Å². The highest BCUT2D eigenvalue weighted by atomic mass is 32.2. The Labute approximate surface area is 134 Å². The Kier molecular flexibility index (Phi) is 3.47. The summed E-state index contributed by atoms with van der Waals surface area (Å²) in [6.07, 6.45) is 7.81. The van der Waals surface area contributed by atoms with Gasteiger partial charge in [-0.15, -0.1) is 10.2 Å². The van der Waals surface area contributed by atoms with Crippen molar-refractivity contribution < 1.29 is 13.9 Å². The van der Waals surface area contributed by atoms with Gasteiger partial charge in [-0.1, -0.05) is 11.8 Å². The molecule has 5 rings (SSSR count). The van der Waals surface area contributed by atoms with E-state index in [4.69, 9.17) is 9.15 Å². The second kappa shape index (κ2) is 5.25. The van der Waals surface area contributed by atoms with Crippen LogP contribution in [-0.4, -0.2) is 28.5 Å². The highest BCUT2D eigenvalue weighted by Crippen LogP contribution is 2.60. The van der Waals surface area contributed by atoms with Gasteiger partial charge in [-0.25, -0.2) is 0 Å². The van der Waals surface area contributed by atoms with Crippen LogP contribution in [0.15, 0.2) is 9.64 Å². The quantitative estimate of drug-likeness (QED) is 0.626. The molecule has 4 aliphatic carbocycles. The molecule has 1 aromatic heterocycles. The van der Waals surface area contributed by atoms with Crippen LogP contribution < -0.4 is 0 Å². The van der Waals surface area contributed by atoms with Gasteiger partial charge in [0.1, 0.15) is 5.25 Å². The molecule has 5 nitrogen and oxygen atoms in total. The smallest absolute Gasteiger partial charge is 0.319 e. The maximum Gasteiger partial charge on any atom is 0.319 e. The summed E-state index contributed by atoms with van der Waals surface area (Å²) < 4.78 is 10.7. The van der Waals surface area contributed by atoms with Crippen LogP contribution in [0.3, 0.4) is 0 Å². The number of hydrogen-bond donors (Lipinski definition) is 0. The Balaban J connectivity index is 1.53. The SMILES string of the molecule is COC(=O)[C@H](C)Sc1nnc(C23CC4CC(CC(C4)C2)C3)o1. The molecule has 4 fully saturated rings. The van der Waals surface area contributed by atoms with Crippen molar-refractivity contribution in [3.05, 3.63) is 5.89 Å². The number of nitrogens with zero attached hydrogens (tertiary/aromatic N) is 2. The zero-order chi connectivity index (χ0) is 15.3. The molecule has 1 aromatic rings. The first-order valence-electron chi connectivity index (χ1n) is 8.16. The number of hydrogen-bond acceptors (Lipinski definition) is 6. The van der Waals surface area contributed by atoms with E-state index < -0.39 is 0 Å². The van der Waals surface area contributed by atoms with E-state index in [0.717, 1.165) is 23.6 Å². The number of aromatic nitrogens is 2. The van der Waals surface area contributed by atoms with E-state index in [9.17, 15) is 4.79 Å². The molecular formula is C16H22N2O3S. The van der Waals surface area contributed by atoms with Gasteiger partial charge in [0.2, 0.25) is 5.89 Å². The molecular weight excluding hydrogens is 300 g/mol. The lowest BCUT2D eigenvalue weighted by Crippen LogP contribution is -2.48. The average Bonchev–Trinajstić information content (AvgIpc) is 2.94. The molecule has 0 spiro atoms. The Hall–Kier alpha value is -1.04. The fourth-order valence-electron chi connectivity index (χ4n) is 5.21. The monoisotopic (exact) mass is 322 g/mol. The molecule has 1 heterocycles. The number of methoxy groups -OCH3 is 1. The van der Waals surface area contributed by atoms with Gasteiger partial charge in [0.25, 0.3) is 5.22 Å². The van der Waals surface area contributed by atoms with E-state index >= 15 is 0 Å². The van der Waals surface area contributed by atoms with Crippen molar-refractivity contribution in [1.29, 1.82) is 0 Å². The van der Waals surface area contributed by atoms with Gasteiger partial charge >= 0.3 is 5.97 Å². The molecule has 0 saturated heterocycles. The predicted octanol–water partition coefficient (Wildman–Crippen LogP) is 3.19. The van der Waals surface area contributed by atoms with E-state index in [1.165, 1.54) is 57.4 Å². The molecule has 120 valence electrons. The first-order valence-corrected chi connectivity index (χ1v) is 9.04. The number of rotatable bonds is 4. The molecule has 1 atom stereocenters. The maximum absolute atomic E-state index is 11.5. The first-order chi connectivity index (χ1) is 10.6. The summed E-state index contributed by atoms with van der Waals surface area (Å²) in [7, 11) is 1.40. The Bertz CT molecular complexity index is 550. The molecule has 0 radical (unpaired) electrons. The van der Waals surface area contributed by atoms with Gasteiger partial charge in [-0.3, -0.25) is 4.79 Å². The van der Waals surface area contributed by atoms with Crippen LogP contribution in [0.4, 0.5) is 0 Å². The number of thioether (sulfide) groups is 1. The van der Waals surface area contributed by atoms with E-state index in [-0.39, 0.29) is 16.6 Å². The lowest BCUT2D eigenvalue weighted by molar-refractivity contribution is -0.139. The predicted molar refractivity (Wildman–Crippen MR) is 81.5 cm³/mol. The molecule has 4 bridgehead atoms. The van der Waals surface area contributed by atoms with Gasteiger partial charge in [0.15, 0.2) is 0 Å². The van der Waals surface area contributed by atoms with Crippen molar-refractivity contribution in [3.63, 3.8) is 0 Å². The summed E-state index contributed by atoms with van der Waals surface area (Å²) in [5.74, 6) is 3.10. The zero-order valence-corrected chi connectivity index (χ0v) is 13.9. The zero-order valence-electron chi connectivity index (χ0n) is 13.1. The van der Waals surface area contributed by atoms with Crippen LogP contribution in [0.25, 0.3) is 0 Å².